The molecule has 1 atom stereocenters. The summed E-state index contributed by atoms with van der Waals surface area (Å²) in [6.07, 6.45) is 5.03. The van der Waals surface area contributed by atoms with E-state index in [9.17, 15) is 4.79 Å². The Bertz CT molecular complexity index is 162. The summed E-state index contributed by atoms with van der Waals surface area (Å²) in [4.78, 5) is 12.9. The van der Waals surface area contributed by atoms with Gasteiger partial charge in [0.25, 0.3) is 0 Å². The van der Waals surface area contributed by atoms with Crippen molar-refractivity contribution in [2.45, 2.75) is 26.2 Å². The third-order valence-electron chi connectivity index (χ3n) is 2.17. The topological polar surface area (TPSA) is 32.3 Å². The van der Waals surface area contributed by atoms with Gasteiger partial charge < -0.3 is 4.90 Å². The van der Waals surface area contributed by atoms with Gasteiger partial charge in [-0.25, -0.2) is 11.1 Å². The first-order valence-electron chi connectivity index (χ1n) is 5.22. The molecule has 0 radical (unpaired) electrons. The van der Waals surface area contributed by atoms with E-state index < -0.39 is 0 Å². The van der Waals surface area contributed by atoms with Crippen molar-refractivity contribution in [1.82, 2.24) is 9.62 Å². The maximum absolute atomic E-state index is 11.2. The van der Waals surface area contributed by atoms with Crippen molar-refractivity contribution >= 4 is 17.0 Å². The van der Waals surface area contributed by atoms with Gasteiger partial charge in [-0.15, -0.1) is 0 Å². The molecule has 0 aliphatic heterocycles. The van der Waals surface area contributed by atoms with Gasteiger partial charge in [0.15, 0.2) is 0 Å². The smallest absolute Gasteiger partial charge is 0.222 e. The van der Waals surface area contributed by atoms with Crippen molar-refractivity contribution in [1.29, 1.82) is 0 Å². The van der Waals surface area contributed by atoms with Gasteiger partial charge in [0.2, 0.25) is 5.91 Å². The SMILES string of the molecule is CC[SH](C)NCCCCC(=O)N(C)C. The molecule has 0 fully saturated rings. The quantitative estimate of drug-likeness (QED) is 0.502. The monoisotopic (exact) mass is 220 g/mol. The lowest BCUT2D eigenvalue weighted by Gasteiger charge is -2.15. The number of unbranched alkanes of at least 4 members (excludes halogenated alkanes) is 1. The fourth-order valence-corrected chi connectivity index (χ4v) is 1.77. The molecule has 0 heterocycles. The number of rotatable bonds is 7. The van der Waals surface area contributed by atoms with E-state index in [1.54, 1.807) is 4.90 Å². The number of carbonyl (C=O) groups is 1. The molecule has 0 aromatic heterocycles. The van der Waals surface area contributed by atoms with E-state index in [2.05, 4.69) is 17.9 Å². The van der Waals surface area contributed by atoms with Crippen molar-refractivity contribution < 1.29 is 4.79 Å². The molecule has 1 amide bonds. The van der Waals surface area contributed by atoms with Gasteiger partial charge in [-0.1, -0.05) is 6.92 Å². The zero-order valence-corrected chi connectivity index (χ0v) is 10.7. The summed E-state index contributed by atoms with van der Waals surface area (Å²) >= 11 is 0.0319. The first-order chi connectivity index (χ1) is 6.57. The largest absolute Gasteiger partial charge is 0.349 e. The second-order valence-corrected chi connectivity index (χ2v) is 6.01. The van der Waals surface area contributed by atoms with Crippen LogP contribution < -0.4 is 4.72 Å². The summed E-state index contributed by atoms with van der Waals surface area (Å²) in [5.74, 6) is 1.46. The van der Waals surface area contributed by atoms with E-state index in [-0.39, 0.29) is 17.0 Å². The minimum atomic E-state index is 0.0319. The van der Waals surface area contributed by atoms with Crippen molar-refractivity contribution in [3.05, 3.63) is 0 Å². The Morgan fingerprint density at radius 2 is 2.00 bits per heavy atom. The van der Waals surface area contributed by atoms with E-state index in [0.717, 1.165) is 19.4 Å². The van der Waals surface area contributed by atoms with E-state index in [1.165, 1.54) is 5.75 Å². The molecule has 14 heavy (non-hydrogen) atoms. The van der Waals surface area contributed by atoms with Crippen LogP contribution in [0.3, 0.4) is 0 Å². The zero-order chi connectivity index (χ0) is 11.0. The number of nitrogens with zero attached hydrogens (tertiary/aromatic N) is 1. The number of nitrogens with one attached hydrogen (secondary N) is 1. The number of thiol groups is 1. The van der Waals surface area contributed by atoms with Crippen LogP contribution in [0.5, 0.6) is 0 Å². The predicted octanol–water partition coefficient (Wildman–Crippen LogP) is 1.40. The molecule has 0 bridgehead atoms. The lowest BCUT2D eigenvalue weighted by atomic mass is 10.2. The lowest BCUT2D eigenvalue weighted by Crippen LogP contribution is -2.21. The highest BCUT2D eigenvalue weighted by Gasteiger charge is 2.02. The fourth-order valence-electron chi connectivity index (χ4n) is 1.01. The first-order valence-corrected chi connectivity index (χ1v) is 7.20. The minimum Gasteiger partial charge on any atom is -0.349 e. The van der Waals surface area contributed by atoms with Gasteiger partial charge in [-0.2, -0.15) is 0 Å². The fraction of sp³-hybridized carbons (Fsp3) is 0.900. The summed E-state index contributed by atoms with van der Waals surface area (Å²) in [6.45, 7) is 3.25. The maximum atomic E-state index is 11.2. The molecule has 0 aromatic carbocycles. The molecular formula is C10H24N2OS. The lowest BCUT2D eigenvalue weighted by molar-refractivity contribution is -0.128. The number of hydrogen-bond acceptors (Lipinski definition) is 2. The Morgan fingerprint density at radius 3 is 2.50 bits per heavy atom. The second kappa shape index (κ2) is 8.12. The molecule has 1 unspecified atom stereocenters. The standard InChI is InChI=1S/C10H24N2OS/c1-5-14(4)11-9-7-6-8-10(13)12(2)3/h11,14H,5-9H2,1-4H3. The molecule has 0 aliphatic rings. The normalized spacial score (nSPS) is 13.9. The van der Waals surface area contributed by atoms with Crippen LogP contribution in [-0.2, 0) is 4.79 Å². The highest BCUT2D eigenvalue weighted by molar-refractivity contribution is 8.14. The van der Waals surface area contributed by atoms with Gasteiger partial charge in [0.1, 0.15) is 0 Å². The van der Waals surface area contributed by atoms with Gasteiger partial charge in [0, 0.05) is 27.1 Å². The molecule has 0 saturated carbocycles. The Balaban J connectivity index is 3.26. The van der Waals surface area contributed by atoms with Crippen molar-refractivity contribution in [3.8, 4) is 0 Å². The van der Waals surface area contributed by atoms with Gasteiger partial charge in [-0.3, -0.25) is 9.52 Å². The Labute approximate surface area is 90.7 Å². The van der Waals surface area contributed by atoms with E-state index >= 15 is 0 Å². The van der Waals surface area contributed by atoms with Gasteiger partial charge in [0.05, 0.1) is 0 Å². The van der Waals surface area contributed by atoms with Crippen LogP contribution in [0.4, 0.5) is 0 Å². The highest BCUT2D eigenvalue weighted by Crippen LogP contribution is 2.11. The minimum absolute atomic E-state index is 0.0319. The highest BCUT2D eigenvalue weighted by atomic mass is 32.2. The third kappa shape index (κ3) is 7.21. The molecule has 4 heteroatoms. The van der Waals surface area contributed by atoms with Crippen LogP contribution in [0.25, 0.3) is 0 Å². The van der Waals surface area contributed by atoms with Crippen LogP contribution in [0.2, 0.25) is 0 Å². The molecule has 3 nitrogen and oxygen atoms in total. The molecule has 0 aromatic rings. The van der Waals surface area contributed by atoms with E-state index in [1.807, 2.05) is 14.1 Å². The average Bonchev–Trinajstić information content (AvgIpc) is 2.16. The predicted molar refractivity (Wildman–Crippen MR) is 66.0 cm³/mol. The van der Waals surface area contributed by atoms with Crippen LogP contribution in [0.15, 0.2) is 0 Å². The first kappa shape index (κ1) is 13.8. The maximum Gasteiger partial charge on any atom is 0.222 e. The van der Waals surface area contributed by atoms with Crippen molar-refractivity contribution in [2.75, 3.05) is 32.6 Å². The van der Waals surface area contributed by atoms with Gasteiger partial charge in [-0.05, 0) is 24.9 Å². The Morgan fingerprint density at radius 1 is 1.36 bits per heavy atom. The van der Waals surface area contributed by atoms with Crippen LogP contribution in [0, 0.1) is 0 Å². The number of amides is 1. The van der Waals surface area contributed by atoms with E-state index in [4.69, 9.17) is 0 Å². The molecule has 0 saturated heterocycles. The van der Waals surface area contributed by atoms with Crippen molar-refractivity contribution in [2.24, 2.45) is 0 Å². The summed E-state index contributed by atoms with van der Waals surface area (Å²) in [6, 6.07) is 0. The molecule has 1 N–H and O–H groups in total. The molecular weight excluding hydrogens is 196 g/mol. The number of carbonyl (C=O) groups excluding carboxylic acids is 1. The summed E-state index contributed by atoms with van der Waals surface area (Å²) < 4.78 is 3.48. The Hall–Kier alpha value is -0.220. The van der Waals surface area contributed by atoms with E-state index in [0.29, 0.717) is 6.42 Å². The molecule has 0 spiro atoms. The Kier molecular flexibility index (Phi) is 7.99. The average molecular weight is 220 g/mol. The van der Waals surface area contributed by atoms with Crippen LogP contribution in [-0.4, -0.2) is 43.5 Å². The summed E-state index contributed by atoms with van der Waals surface area (Å²) in [5, 5.41) is 0. The van der Waals surface area contributed by atoms with Crippen LogP contribution in [0.1, 0.15) is 26.2 Å². The van der Waals surface area contributed by atoms with Crippen molar-refractivity contribution in [3.63, 3.8) is 0 Å². The zero-order valence-electron chi connectivity index (χ0n) is 9.84. The molecule has 86 valence electrons. The molecule has 0 aliphatic carbocycles. The second-order valence-electron chi connectivity index (χ2n) is 3.67. The summed E-state index contributed by atoms with van der Waals surface area (Å²) in [7, 11) is 3.62. The number of hydrogen-bond donors (Lipinski definition) is 2. The molecule has 0 rings (SSSR count). The van der Waals surface area contributed by atoms with Crippen LogP contribution >= 0.6 is 11.1 Å². The third-order valence-corrected chi connectivity index (χ3v) is 3.88. The van der Waals surface area contributed by atoms with Gasteiger partial charge >= 0.3 is 0 Å². The summed E-state index contributed by atoms with van der Waals surface area (Å²) in [5.41, 5.74) is 0.